The van der Waals surface area contributed by atoms with Crippen molar-refractivity contribution in [3.63, 3.8) is 0 Å². The van der Waals surface area contributed by atoms with E-state index in [-0.39, 0.29) is 12.5 Å². The van der Waals surface area contributed by atoms with Crippen LogP contribution in [0.25, 0.3) is 10.9 Å². The molecule has 0 aliphatic rings. The zero-order valence-corrected chi connectivity index (χ0v) is 14.9. The summed E-state index contributed by atoms with van der Waals surface area (Å²) in [5.74, 6) is 0.473. The number of hydrogen-bond donors (Lipinski definition) is 3. The van der Waals surface area contributed by atoms with Gasteiger partial charge in [-0.3, -0.25) is 4.79 Å². The molecule has 2 aromatic carbocycles. The maximum Gasteiger partial charge on any atom is 0.267 e. The number of aromatic nitrogens is 1. The molecule has 25 heavy (non-hydrogen) atoms. The van der Waals surface area contributed by atoms with E-state index in [1.54, 1.807) is 24.9 Å². The highest BCUT2D eigenvalue weighted by Gasteiger charge is 2.13. The molecule has 1 unspecified atom stereocenters. The number of carbonyl (C=O) groups is 1. The average Bonchev–Trinajstić information content (AvgIpc) is 3.09. The molecule has 1 amide bonds. The van der Waals surface area contributed by atoms with Crippen LogP contribution in [0.3, 0.4) is 0 Å². The second kappa shape index (κ2) is 7.63. The van der Waals surface area contributed by atoms with Crippen molar-refractivity contribution >= 4 is 28.6 Å². The number of aliphatic hydroxyl groups is 1. The Morgan fingerprint density at radius 1 is 1.24 bits per heavy atom. The molecule has 0 aliphatic heterocycles. The number of H-pyrrole nitrogens is 1. The molecule has 0 bridgehead atoms. The molecule has 1 aromatic heterocycles. The number of amides is 1. The van der Waals surface area contributed by atoms with E-state index >= 15 is 0 Å². The first-order valence-corrected chi connectivity index (χ1v) is 9.10. The maximum absolute atomic E-state index is 12.3. The number of methoxy groups -OCH3 is 1. The molecular weight excluding hydrogens is 336 g/mol. The van der Waals surface area contributed by atoms with E-state index in [1.807, 2.05) is 48.7 Å². The molecule has 6 heteroatoms. The SMILES string of the molecule is COc1ccc2cc(C(=O)NCC(O)c3ccc(SC)cc3)[nH]c2c1. The van der Waals surface area contributed by atoms with Crippen LogP contribution in [0.5, 0.6) is 5.75 Å². The lowest BCUT2D eigenvalue weighted by Crippen LogP contribution is -2.28. The van der Waals surface area contributed by atoms with Crippen molar-refractivity contribution in [3.8, 4) is 5.75 Å². The number of rotatable bonds is 6. The van der Waals surface area contributed by atoms with Gasteiger partial charge in [0.15, 0.2) is 0 Å². The molecule has 0 saturated carbocycles. The summed E-state index contributed by atoms with van der Waals surface area (Å²) in [6, 6.07) is 15.0. The second-order valence-electron chi connectivity index (χ2n) is 5.64. The Kier molecular flexibility index (Phi) is 5.31. The van der Waals surface area contributed by atoms with E-state index < -0.39 is 6.10 Å². The van der Waals surface area contributed by atoms with Crippen molar-refractivity contribution < 1.29 is 14.6 Å². The molecule has 0 radical (unpaired) electrons. The summed E-state index contributed by atoms with van der Waals surface area (Å²) < 4.78 is 5.18. The average molecular weight is 356 g/mol. The fraction of sp³-hybridized carbons (Fsp3) is 0.211. The molecule has 0 fully saturated rings. The predicted molar refractivity (Wildman–Crippen MR) is 100 cm³/mol. The third-order valence-electron chi connectivity index (χ3n) is 4.03. The van der Waals surface area contributed by atoms with Crippen LogP contribution in [0, 0.1) is 0 Å². The Balaban J connectivity index is 1.65. The van der Waals surface area contributed by atoms with Crippen molar-refractivity contribution in [2.45, 2.75) is 11.0 Å². The van der Waals surface area contributed by atoms with E-state index in [4.69, 9.17) is 4.74 Å². The zero-order valence-electron chi connectivity index (χ0n) is 14.1. The Hall–Kier alpha value is -2.44. The van der Waals surface area contributed by atoms with Gasteiger partial charge in [0.1, 0.15) is 11.4 Å². The summed E-state index contributed by atoms with van der Waals surface area (Å²) in [6.07, 6.45) is 1.26. The van der Waals surface area contributed by atoms with E-state index in [0.717, 1.165) is 27.1 Å². The fourth-order valence-electron chi connectivity index (χ4n) is 2.58. The molecule has 0 spiro atoms. The highest BCUT2D eigenvalue weighted by atomic mass is 32.2. The van der Waals surface area contributed by atoms with Crippen molar-refractivity contribution in [1.29, 1.82) is 0 Å². The molecule has 0 aliphatic carbocycles. The highest BCUT2D eigenvalue weighted by Crippen LogP contribution is 2.22. The number of aromatic amines is 1. The third-order valence-corrected chi connectivity index (χ3v) is 4.77. The molecule has 3 aromatic rings. The fourth-order valence-corrected chi connectivity index (χ4v) is 2.99. The monoisotopic (exact) mass is 356 g/mol. The lowest BCUT2D eigenvalue weighted by atomic mass is 10.1. The van der Waals surface area contributed by atoms with Gasteiger partial charge in [0, 0.05) is 28.4 Å². The summed E-state index contributed by atoms with van der Waals surface area (Å²) in [4.78, 5) is 16.5. The second-order valence-corrected chi connectivity index (χ2v) is 6.51. The van der Waals surface area contributed by atoms with Gasteiger partial charge >= 0.3 is 0 Å². The number of aliphatic hydroxyl groups excluding tert-OH is 1. The number of carbonyl (C=O) groups excluding carboxylic acids is 1. The van der Waals surface area contributed by atoms with Crippen molar-refractivity contribution in [3.05, 3.63) is 59.8 Å². The summed E-state index contributed by atoms with van der Waals surface area (Å²) in [5.41, 5.74) is 2.06. The minimum Gasteiger partial charge on any atom is -0.497 e. The maximum atomic E-state index is 12.3. The van der Waals surface area contributed by atoms with Crippen molar-refractivity contribution in [2.24, 2.45) is 0 Å². The van der Waals surface area contributed by atoms with E-state index in [9.17, 15) is 9.90 Å². The molecule has 3 N–H and O–H groups in total. The Morgan fingerprint density at radius 2 is 2.00 bits per heavy atom. The Bertz CT molecular complexity index is 874. The van der Waals surface area contributed by atoms with Crippen LogP contribution in [0.1, 0.15) is 22.2 Å². The molecule has 5 nitrogen and oxygen atoms in total. The van der Waals surface area contributed by atoms with Crippen LogP contribution < -0.4 is 10.1 Å². The first-order chi connectivity index (χ1) is 12.1. The number of ether oxygens (including phenoxy) is 1. The van der Waals surface area contributed by atoms with Crippen LogP contribution >= 0.6 is 11.8 Å². The minimum absolute atomic E-state index is 0.149. The summed E-state index contributed by atoms with van der Waals surface area (Å²) in [7, 11) is 1.60. The molecule has 0 saturated heterocycles. The van der Waals surface area contributed by atoms with Gasteiger partial charge in [0.05, 0.1) is 13.2 Å². The zero-order chi connectivity index (χ0) is 17.8. The topological polar surface area (TPSA) is 74.3 Å². The van der Waals surface area contributed by atoms with Gasteiger partial charge in [-0.15, -0.1) is 11.8 Å². The molecule has 1 atom stereocenters. The highest BCUT2D eigenvalue weighted by molar-refractivity contribution is 7.98. The van der Waals surface area contributed by atoms with E-state index in [2.05, 4.69) is 10.3 Å². The van der Waals surface area contributed by atoms with Crippen LogP contribution in [0.15, 0.2) is 53.4 Å². The molecule has 1 heterocycles. The first kappa shape index (κ1) is 17.4. The van der Waals surface area contributed by atoms with Gasteiger partial charge in [0.25, 0.3) is 5.91 Å². The predicted octanol–water partition coefficient (Wildman–Crippen LogP) is 3.36. The number of benzene rings is 2. The smallest absolute Gasteiger partial charge is 0.267 e. The van der Waals surface area contributed by atoms with Gasteiger partial charge in [0.2, 0.25) is 0 Å². The summed E-state index contributed by atoms with van der Waals surface area (Å²) >= 11 is 1.64. The van der Waals surface area contributed by atoms with Gasteiger partial charge in [-0.05, 0) is 42.2 Å². The number of hydrogen-bond acceptors (Lipinski definition) is 4. The number of thioether (sulfide) groups is 1. The lowest BCUT2D eigenvalue weighted by molar-refractivity contribution is 0.0912. The first-order valence-electron chi connectivity index (χ1n) is 7.87. The standard InChI is InChI=1S/C19H20N2O3S/c1-24-14-6-3-13-9-17(21-16(13)10-14)19(23)20-11-18(22)12-4-7-15(25-2)8-5-12/h3-10,18,21-22H,11H2,1-2H3,(H,20,23). The van der Waals surface area contributed by atoms with Gasteiger partial charge in [-0.25, -0.2) is 0 Å². The normalized spacial score (nSPS) is 12.1. The van der Waals surface area contributed by atoms with E-state index in [0.29, 0.717) is 5.69 Å². The van der Waals surface area contributed by atoms with Crippen LogP contribution in [-0.4, -0.2) is 35.9 Å². The quantitative estimate of drug-likeness (QED) is 0.592. The van der Waals surface area contributed by atoms with Crippen LogP contribution in [0.4, 0.5) is 0 Å². The van der Waals surface area contributed by atoms with Gasteiger partial charge in [-0.1, -0.05) is 12.1 Å². The Morgan fingerprint density at radius 3 is 2.68 bits per heavy atom. The Labute approximate surface area is 150 Å². The minimum atomic E-state index is -0.746. The van der Waals surface area contributed by atoms with Gasteiger partial charge < -0.3 is 20.1 Å². The largest absolute Gasteiger partial charge is 0.497 e. The van der Waals surface area contributed by atoms with Crippen LogP contribution in [0.2, 0.25) is 0 Å². The number of fused-ring (bicyclic) bond motifs is 1. The third kappa shape index (κ3) is 3.97. The van der Waals surface area contributed by atoms with Crippen molar-refractivity contribution in [2.75, 3.05) is 19.9 Å². The molecule has 3 rings (SSSR count). The van der Waals surface area contributed by atoms with Gasteiger partial charge in [-0.2, -0.15) is 0 Å². The molecule has 130 valence electrons. The summed E-state index contributed by atoms with van der Waals surface area (Å²) in [5, 5.41) is 13.9. The summed E-state index contributed by atoms with van der Waals surface area (Å²) in [6.45, 7) is 0.149. The van der Waals surface area contributed by atoms with Crippen molar-refractivity contribution in [1.82, 2.24) is 10.3 Å². The molecular formula is C19H20N2O3S. The number of nitrogens with one attached hydrogen (secondary N) is 2. The lowest BCUT2D eigenvalue weighted by Gasteiger charge is -2.12. The van der Waals surface area contributed by atoms with Crippen LogP contribution in [-0.2, 0) is 0 Å². The van der Waals surface area contributed by atoms with E-state index in [1.165, 1.54) is 0 Å².